The minimum absolute atomic E-state index is 0.0242. The van der Waals surface area contributed by atoms with E-state index in [1.54, 1.807) is 6.07 Å². The second kappa shape index (κ2) is 7.19. The molecule has 3 rings (SSSR count). The summed E-state index contributed by atoms with van der Waals surface area (Å²) in [6.07, 6.45) is -4.44. The number of anilines is 1. The molecule has 0 aliphatic rings. The van der Waals surface area contributed by atoms with Gasteiger partial charge in [0.05, 0.1) is 5.56 Å². The molecule has 1 N–H and O–H groups in total. The van der Waals surface area contributed by atoms with E-state index in [4.69, 9.17) is 4.42 Å². The molecular weight excluding hydrogens is 367 g/mol. The minimum Gasteiger partial charge on any atom is -0.451 e. The summed E-state index contributed by atoms with van der Waals surface area (Å²) in [5.74, 6) is -0.244. The van der Waals surface area contributed by atoms with Gasteiger partial charge < -0.3 is 9.73 Å². The van der Waals surface area contributed by atoms with E-state index in [1.165, 1.54) is 24.3 Å². The highest BCUT2D eigenvalue weighted by Crippen LogP contribution is 2.33. The van der Waals surface area contributed by atoms with Crippen molar-refractivity contribution >= 4 is 11.6 Å². The summed E-state index contributed by atoms with van der Waals surface area (Å²) in [6, 6.07) is 15.2. The van der Waals surface area contributed by atoms with Gasteiger partial charge in [-0.1, -0.05) is 51.1 Å². The van der Waals surface area contributed by atoms with E-state index in [2.05, 4.69) is 5.32 Å². The number of hydrogen-bond donors (Lipinski definition) is 1. The number of rotatable bonds is 3. The van der Waals surface area contributed by atoms with Crippen molar-refractivity contribution in [1.29, 1.82) is 0 Å². The molecule has 2 aromatic carbocycles. The number of benzene rings is 2. The number of carbonyl (C=O) groups excluding carboxylic acids is 1. The molecule has 3 aromatic rings. The third-order valence-electron chi connectivity index (χ3n) is 4.29. The van der Waals surface area contributed by atoms with Gasteiger partial charge in [-0.2, -0.15) is 13.2 Å². The Kier molecular flexibility index (Phi) is 5.06. The van der Waals surface area contributed by atoms with E-state index in [1.807, 2.05) is 39.0 Å². The summed E-state index contributed by atoms with van der Waals surface area (Å²) in [4.78, 5) is 12.6. The lowest BCUT2D eigenvalue weighted by molar-refractivity contribution is -0.137. The molecule has 1 amide bonds. The van der Waals surface area contributed by atoms with Crippen molar-refractivity contribution in [2.75, 3.05) is 5.32 Å². The number of furan rings is 1. The maximum absolute atomic E-state index is 12.9. The maximum atomic E-state index is 12.9. The second-order valence-electron chi connectivity index (χ2n) is 7.49. The van der Waals surface area contributed by atoms with Crippen LogP contribution in [0.2, 0.25) is 0 Å². The van der Waals surface area contributed by atoms with Crippen LogP contribution in [0, 0.1) is 0 Å². The topological polar surface area (TPSA) is 42.2 Å². The molecule has 28 heavy (non-hydrogen) atoms. The van der Waals surface area contributed by atoms with Crippen LogP contribution >= 0.6 is 0 Å². The lowest BCUT2D eigenvalue weighted by Gasteiger charge is -2.22. The van der Waals surface area contributed by atoms with Crippen molar-refractivity contribution in [1.82, 2.24) is 0 Å². The molecule has 146 valence electrons. The van der Waals surface area contributed by atoms with Gasteiger partial charge in [-0.05, 0) is 41.3 Å². The molecule has 0 bridgehead atoms. The summed E-state index contributed by atoms with van der Waals surface area (Å²) in [5, 5.41) is 2.82. The Hall–Kier alpha value is -3.02. The van der Waals surface area contributed by atoms with Gasteiger partial charge in [0.15, 0.2) is 5.76 Å². The summed E-state index contributed by atoms with van der Waals surface area (Å²) in [6.45, 7) is 6.11. The molecule has 0 atom stereocenters. The van der Waals surface area contributed by atoms with Crippen LogP contribution in [0.25, 0.3) is 11.3 Å². The fourth-order valence-electron chi connectivity index (χ4n) is 2.89. The van der Waals surface area contributed by atoms with Crippen LogP contribution in [-0.4, -0.2) is 5.91 Å². The smallest absolute Gasteiger partial charge is 0.416 e. The number of halogens is 3. The third-order valence-corrected chi connectivity index (χ3v) is 4.29. The molecule has 0 radical (unpaired) electrons. The van der Waals surface area contributed by atoms with Crippen molar-refractivity contribution in [3.05, 3.63) is 77.6 Å². The van der Waals surface area contributed by atoms with E-state index in [9.17, 15) is 18.0 Å². The number of para-hydroxylation sites is 1. The van der Waals surface area contributed by atoms with Crippen LogP contribution in [0.3, 0.4) is 0 Å². The first-order valence-corrected chi connectivity index (χ1v) is 8.74. The van der Waals surface area contributed by atoms with Gasteiger partial charge in [-0.25, -0.2) is 0 Å². The van der Waals surface area contributed by atoms with Crippen LogP contribution in [0.5, 0.6) is 0 Å². The van der Waals surface area contributed by atoms with Gasteiger partial charge in [0.2, 0.25) is 0 Å². The monoisotopic (exact) mass is 387 g/mol. The molecule has 1 heterocycles. The Morgan fingerprint density at radius 1 is 0.929 bits per heavy atom. The van der Waals surface area contributed by atoms with Crippen molar-refractivity contribution in [3.8, 4) is 11.3 Å². The lowest BCUT2D eigenvalue weighted by atomic mass is 9.86. The Bertz CT molecular complexity index is 997. The van der Waals surface area contributed by atoms with Crippen molar-refractivity contribution < 1.29 is 22.4 Å². The molecule has 0 aliphatic carbocycles. The highest BCUT2D eigenvalue weighted by Gasteiger charge is 2.30. The Labute approximate surface area is 161 Å². The van der Waals surface area contributed by atoms with Gasteiger partial charge in [0.25, 0.3) is 5.91 Å². The first kappa shape index (κ1) is 19.7. The number of amides is 1. The first-order valence-electron chi connectivity index (χ1n) is 8.74. The van der Waals surface area contributed by atoms with Crippen molar-refractivity contribution in [2.24, 2.45) is 0 Å². The summed E-state index contributed by atoms with van der Waals surface area (Å²) in [5.41, 5.74) is 0.941. The summed E-state index contributed by atoms with van der Waals surface area (Å²) >= 11 is 0. The molecular formula is C22H20F3NO2. The molecule has 6 heteroatoms. The molecule has 1 aromatic heterocycles. The first-order chi connectivity index (χ1) is 13.1. The fourth-order valence-corrected chi connectivity index (χ4v) is 2.89. The summed E-state index contributed by atoms with van der Waals surface area (Å²) < 4.78 is 44.2. The zero-order valence-corrected chi connectivity index (χ0v) is 15.7. The summed E-state index contributed by atoms with van der Waals surface area (Å²) in [7, 11) is 0. The molecule has 0 saturated carbocycles. The van der Waals surface area contributed by atoms with Gasteiger partial charge in [-0.3, -0.25) is 4.79 Å². The van der Waals surface area contributed by atoms with Gasteiger partial charge in [-0.15, -0.1) is 0 Å². The van der Waals surface area contributed by atoms with E-state index < -0.39 is 17.6 Å². The molecule has 0 unspecified atom stereocenters. The molecule has 0 saturated heterocycles. The van der Waals surface area contributed by atoms with E-state index in [0.717, 1.165) is 17.7 Å². The highest BCUT2D eigenvalue weighted by atomic mass is 19.4. The number of alkyl halides is 3. The standard InChI is InChI=1S/C22H20F3NO2/c1-21(2,3)16-9-4-5-10-17(16)26-20(27)19-12-11-18(28-19)14-7-6-8-15(13-14)22(23,24)25/h4-13H,1-3H3,(H,26,27). The minimum atomic E-state index is -4.44. The van der Waals surface area contributed by atoms with Crippen LogP contribution in [-0.2, 0) is 11.6 Å². The van der Waals surface area contributed by atoms with E-state index in [0.29, 0.717) is 5.69 Å². The van der Waals surface area contributed by atoms with Gasteiger partial charge >= 0.3 is 6.18 Å². The van der Waals surface area contributed by atoms with Crippen LogP contribution in [0.15, 0.2) is 65.1 Å². The van der Waals surface area contributed by atoms with Crippen molar-refractivity contribution in [3.63, 3.8) is 0 Å². The predicted molar refractivity (Wildman–Crippen MR) is 102 cm³/mol. The van der Waals surface area contributed by atoms with Crippen molar-refractivity contribution in [2.45, 2.75) is 32.4 Å². The van der Waals surface area contributed by atoms with Gasteiger partial charge in [0, 0.05) is 11.3 Å². The highest BCUT2D eigenvalue weighted by molar-refractivity contribution is 6.03. The largest absolute Gasteiger partial charge is 0.451 e. The average Bonchev–Trinajstić information content (AvgIpc) is 3.11. The van der Waals surface area contributed by atoms with E-state index >= 15 is 0 Å². The number of hydrogen-bond acceptors (Lipinski definition) is 2. The Morgan fingerprint density at radius 3 is 2.32 bits per heavy atom. The quantitative estimate of drug-likeness (QED) is 0.556. The molecule has 0 fully saturated rings. The third kappa shape index (κ3) is 4.27. The zero-order chi connectivity index (χ0) is 20.5. The second-order valence-corrected chi connectivity index (χ2v) is 7.49. The van der Waals surface area contributed by atoms with Crippen LogP contribution in [0.4, 0.5) is 18.9 Å². The average molecular weight is 387 g/mol. The maximum Gasteiger partial charge on any atom is 0.416 e. The molecule has 0 spiro atoms. The van der Waals surface area contributed by atoms with Gasteiger partial charge in [0.1, 0.15) is 5.76 Å². The lowest BCUT2D eigenvalue weighted by Crippen LogP contribution is -2.18. The van der Waals surface area contributed by atoms with E-state index in [-0.39, 0.29) is 22.5 Å². The normalized spacial score (nSPS) is 12.1. The molecule has 0 aliphatic heterocycles. The SMILES string of the molecule is CC(C)(C)c1ccccc1NC(=O)c1ccc(-c2cccc(C(F)(F)F)c2)o1. The Morgan fingerprint density at radius 2 is 1.64 bits per heavy atom. The Balaban J connectivity index is 1.85. The number of carbonyl (C=O) groups is 1. The zero-order valence-electron chi connectivity index (χ0n) is 15.7. The molecule has 3 nitrogen and oxygen atoms in total. The van der Waals surface area contributed by atoms with Crippen LogP contribution < -0.4 is 5.32 Å². The fraction of sp³-hybridized carbons (Fsp3) is 0.227. The number of nitrogens with one attached hydrogen (secondary N) is 1. The predicted octanol–water partition coefficient (Wildman–Crippen LogP) is 6.52. The van der Waals surface area contributed by atoms with Crippen LogP contribution in [0.1, 0.15) is 42.5 Å².